The van der Waals surface area contributed by atoms with Crippen LogP contribution in [0.1, 0.15) is 6.92 Å². The Balaban J connectivity index is 2.92. The molecular weight excluding hydrogens is 228 g/mol. The molecule has 0 aromatic heterocycles. The fraction of sp³-hybridized carbons (Fsp3) is 0.364. The molecule has 5 heteroatoms. The lowest BCUT2D eigenvalue weighted by Gasteiger charge is -2.17. The van der Waals surface area contributed by atoms with E-state index in [1.807, 2.05) is 6.92 Å². The highest BCUT2D eigenvalue weighted by Crippen LogP contribution is 2.28. The molecule has 88 valence electrons. The molecule has 0 aliphatic heterocycles. The molecule has 0 unspecified atom stereocenters. The van der Waals surface area contributed by atoms with E-state index in [-0.39, 0.29) is 12.5 Å². The predicted molar refractivity (Wildman–Crippen MR) is 65.1 cm³/mol. The van der Waals surface area contributed by atoms with Crippen LogP contribution in [-0.2, 0) is 4.79 Å². The number of nitrogens with zero attached hydrogens (tertiary/aromatic N) is 1. The Bertz CT molecular complexity index is 382. The maximum absolute atomic E-state index is 11.4. The first-order valence-corrected chi connectivity index (χ1v) is 5.37. The van der Waals surface area contributed by atoms with Crippen molar-refractivity contribution >= 4 is 23.2 Å². The zero-order valence-corrected chi connectivity index (χ0v) is 10.1. The number of halogens is 1. The summed E-state index contributed by atoms with van der Waals surface area (Å²) in [5, 5.41) is 0.482. The minimum Gasteiger partial charge on any atom is -0.492 e. The number of nitrogens with two attached hydrogens (primary N) is 1. The van der Waals surface area contributed by atoms with E-state index in [2.05, 4.69) is 0 Å². The lowest BCUT2D eigenvalue weighted by Crippen LogP contribution is -2.32. The molecule has 0 saturated carbocycles. The first-order valence-electron chi connectivity index (χ1n) is 4.99. The monoisotopic (exact) mass is 242 g/mol. The van der Waals surface area contributed by atoms with Crippen LogP contribution in [0.4, 0.5) is 5.69 Å². The molecule has 0 saturated heterocycles. The van der Waals surface area contributed by atoms with E-state index < -0.39 is 0 Å². The maximum Gasteiger partial charge on any atom is 0.240 e. The van der Waals surface area contributed by atoms with Crippen molar-refractivity contribution in [2.75, 3.05) is 25.1 Å². The standard InChI is InChI=1S/C11H15ClN2O2/c1-3-16-10-5-4-8(6-9(10)12)14(2)11(15)7-13/h4-6H,3,7,13H2,1-2H3. The highest BCUT2D eigenvalue weighted by Gasteiger charge is 2.10. The van der Waals surface area contributed by atoms with Crippen LogP contribution in [0.15, 0.2) is 18.2 Å². The summed E-state index contributed by atoms with van der Waals surface area (Å²) in [5.74, 6) is 0.446. The topological polar surface area (TPSA) is 55.6 Å². The Labute approximate surface area is 99.9 Å². The minimum atomic E-state index is -0.166. The number of rotatable bonds is 4. The van der Waals surface area contributed by atoms with Crippen LogP contribution in [0.3, 0.4) is 0 Å². The van der Waals surface area contributed by atoms with Crippen LogP contribution in [0.5, 0.6) is 5.75 Å². The first-order chi connectivity index (χ1) is 7.60. The highest BCUT2D eigenvalue weighted by atomic mass is 35.5. The van der Waals surface area contributed by atoms with E-state index in [0.29, 0.717) is 23.1 Å². The molecule has 1 aromatic rings. The van der Waals surface area contributed by atoms with E-state index in [4.69, 9.17) is 22.1 Å². The van der Waals surface area contributed by atoms with Crippen molar-refractivity contribution < 1.29 is 9.53 Å². The first kappa shape index (κ1) is 12.8. The second-order valence-electron chi connectivity index (χ2n) is 3.20. The van der Waals surface area contributed by atoms with Crippen molar-refractivity contribution in [3.05, 3.63) is 23.2 Å². The second kappa shape index (κ2) is 5.72. The van der Waals surface area contributed by atoms with Crippen LogP contribution in [0, 0.1) is 0 Å². The van der Waals surface area contributed by atoms with Gasteiger partial charge in [0.15, 0.2) is 0 Å². The Morgan fingerprint density at radius 1 is 1.56 bits per heavy atom. The molecule has 0 bridgehead atoms. The quantitative estimate of drug-likeness (QED) is 0.874. The zero-order valence-electron chi connectivity index (χ0n) is 9.37. The third-order valence-electron chi connectivity index (χ3n) is 2.15. The number of hydrogen-bond donors (Lipinski definition) is 1. The van der Waals surface area contributed by atoms with Gasteiger partial charge in [-0.25, -0.2) is 0 Å². The van der Waals surface area contributed by atoms with Crippen LogP contribution in [0.2, 0.25) is 5.02 Å². The molecule has 2 N–H and O–H groups in total. The molecule has 0 aliphatic carbocycles. The Hall–Kier alpha value is -1.26. The van der Waals surface area contributed by atoms with Gasteiger partial charge in [-0.15, -0.1) is 0 Å². The van der Waals surface area contributed by atoms with E-state index in [9.17, 15) is 4.79 Å². The Kier molecular flexibility index (Phi) is 4.58. The molecule has 1 aromatic carbocycles. The van der Waals surface area contributed by atoms with E-state index in [0.717, 1.165) is 0 Å². The van der Waals surface area contributed by atoms with Gasteiger partial charge in [0.05, 0.1) is 18.2 Å². The summed E-state index contributed by atoms with van der Waals surface area (Å²) in [6.07, 6.45) is 0. The number of ether oxygens (including phenoxy) is 1. The summed E-state index contributed by atoms with van der Waals surface area (Å²) in [4.78, 5) is 12.8. The smallest absolute Gasteiger partial charge is 0.240 e. The molecule has 0 radical (unpaired) electrons. The lowest BCUT2D eigenvalue weighted by molar-refractivity contribution is -0.117. The minimum absolute atomic E-state index is 0.0265. The van der Waals surface area contributed by atoms with E-state index in [1.165, 1.54) is 4.90 Å². The fourth-order valence-corrected chi connectivity index (χ4v) is 1.48. The number of likely N-dealkylation sites (N-methyl/N-ethyl adjacent to an activating group) is 1. The lowest BCUT2D eigenvalue weighted by atomic mass is 10.2. The van der Waals surface area contributed by atoms with Crippen LogP contribution in [-0.4, -0.2) is 26.1 Å². The van der Waals surface area contributed by atoms with Gasteiger partial charge in [-0.2, -0.15) is 0 Å². The normalized spacial score (nSPS) is 10.0. The number of carbonyl (C=O) groups is 1. The van der Waals surface area contributed by atoms with Gasteiger partial charge in [0.2, 0.25) is 5.91 Å². The third-order valence-corrected chi connectivity index (χ3v) is 2.45. The van der Waals surface area contributed by atoms with Gasteiger partial charge in [-0.3, -0.25) is 4.79 Å². The summed E-state index contributed by atoms with van der Waals surface area (Å²) >= 11 is 6.01. The third kappa shape index (κ3) is 2.87. The Morgan fingerprint density at radius 2 is 2.25 bits per heavy atom. The molecular formula is C11H15ClN2O2. The second-order valence-corrected chi connectivity index (χ2v) is 3.61. The van der Waals surface area contributed by atoms with Gasteiger partial charge in [0.25, 0.3) is 0 Å². The molecule has 4 nitrogen and oxygen atoms in total. The molecule has 0 spiro atoms. The average molecular weight is 243 g/mol. The summed E-state index contributed by atoms with van der Waals surface area (Å²) in [7, 11) is 1.65. The van der Waals surface area contributed by atoms with Crippen LogP contribution in [0.25, 0.3) is 0 Å². The van der Waals surface area contributed by atoms with Crippen LogP contribution < -0.4 is 15.4 Å². The van der Waals surface area contributed by atoms with Gasteiger partial charge < -0.3 is 15.4 Å². The number of anilines is 1. The summed E-state index contributed by atoms with van der Waals surface area (Å²) < 4.78 is 5.30. The number of carbonyl (C=O) groups excluding carboxylic acids is 1. The largest absolute Gasteiger partial charge is 0.492 e. The fourth-order valence-electron chi connectivity index (χ4n) is 1.25. The molecule has 0 aliphatic rings. The molecule has 0 fully saturated rings. The predicted octanol–water partition coefficient (Wildman–Crippen LogP) is 1.66. The highest BCUT2D eigenvalue weighted by molar-refractivity contribution is 6.32. The molecule has 0 heterocycles. The summed E-state index contributed by atoms with van der Waals surface area (Å²) in [6.45, 7) is 2.41. The average Bonchev–Trinajstić information content (AvgIpc) is 2.30. The number of benzene rings is 1. The van der Waals surface area contributed by atoms with Gasteiger partial charge in [0.1, 0.15) is 5.75 Å². The SMILES string of the molecule is CCOc1ccc(N(C)C(=O)CN)cc1Cl. The van der Waals surface area contributed by atoms with Crippen molar-refractivity contribution in [2.45, 2.75) is 6.92 Å². The number of amides is 1. The summed E-state index contributed by atoms with van der Waals surface area (Å²) in [5.41, 5.74) is 5.98. The van der Waals surface area contributed by atoms with Gasteiger partial charge in [-0.05, 0) is 25.1 Å². The summed E-state index contributed by atoms with van der Waals surface area (Å²) in [6, 6.07) is 5.19. The van der Waals surface area contributed by atoms with Gasteiger partial charge >= 0.3 is 0 Å². The van der Waals surface area contributed by atoms with E-state index in [1.54, 1.807) is 25.2 Å². The van der Waals surface area contributed by atoms with Crippen molar-refractivity contribution in [1.82, 2.24) is 0 Å². The molecule has 16 heavy (non-hydrogen) atoms. The van der Waals surface area contributed by atoms with Crippen LogP contribution >= 0.6 is 11.6 Å². The van der Waals surface area contributed by atoms with Crippen molar-refractivity contribution in [1.29, 1.82) is 0 Å². The molecule has 0 atom stereocenters. The van der Waals surface area contributed by atoms with Crippen molar-refractivity contribution in [2.24, 2.45) is 5.73 Å². The van der Waals surface area contributed by atoms with Crippen molar-refractivity contribution in [3.8, 4) is 5.75 Å². The maximum atomic E-state index is 11.4. The van der Waals surface area contributed by atoms with Crippen molar-refractivity contribution in [3.63, 3.8) is 0 Å². The number of hydrogen-bond acceptors (Lipinski definition) is 3. The van der Waals surface area contributed by atoms with E-state index >= 15 is 0 Å². The van der Waals surface area contributed by atoms with Gasteiger partial charge in [-0.1, -0.05) is 11.6 Å². The zero-order chi connectivity index (χ0) is 12.1. The Morgan fingerprint density at radius 3 is 2.75 bits per heavy atom. The molecule has 1 amide bonds. The van der Waals surface area contributed by atoms with Gasteiger partial charge in [0, 0.05) is 12.7 Å². The molecule has 1 rings (SSSR count).